The van der Waals surface area contributed by atoms with Gasteiger partial charge in [-0.15, -0.1) is 0 Å². The van der Waals surface area contributed by atoms with E-state index in [0.29, 0.717) is 21.3 Å². The molecule has 5 nitrogen and oxygen atoms in total. The molecule has 1 amide bonds. The Morgan fingerprint density at radius 2 is 2.08 bits per heavy atom. The first kappa shape index (κ1) is 14.9. The summed E-state index contributed by atoms with van der Waals surface area (Å²) >= 11 is 2.68. The number of thiophene rings is 1. The molecule has 0 fully saturated rings. The first-order chi connectivity index (χ1) is 11.7. The van der Waals surface area contributed by atoms with Gasteiger partial charge in [-0.2, -0.15) is 5.26 Å². The molecule has 2 N–H and O–H groups in total. The molecule has 1 aliphatic rings. The summed E-state index contributed by atoms with van der Waals surface area (Å²) in [6.45, 7) is 0. The topological polar surface area (TPSA) is 89.0 Å². The summed E-state index contributed by atoms with van der Waals surface area (Å²) in [5, 5.41) is 9.53. The summed E-state index contributed by atoms with van der Waals surface area (Å²) in [7, 11) is 0. The average molecular weight is 353 g/mol. The van der Waals surface area contributed by atoms with Crippen LogP contribution in [0.2, 0.25) is 0 Å². The molecule has 118 valence electrons. The largest absolute Gasteiger partial charge is 0.446 e. The number of primary amides is 1. The smallest absolute Gasteiger partial charge is 0.259 e. The van der Waals surface area contributed by atoms with E-state index in [4.69, 9.17) is 15.7 Å². The van der Waals surface area contributed by atoms with E-state index < -0.39 is 5.91 Å². The number of nitrogens with two attached hydrogens (primary N) is 1. The molecule has 0 unspecified atom stereocenters. The van der Waals surface area contributed by atoms with Gasteiger partial charge in [0.05, 0.1) is 27.0 Å². The molecule has 0 spiro atoms. The third-order valence-electron chi connectivity index (χ3n) is 3.91. The minimum atomic E-state index is -0.432. The van der Waals surface area contributed by atoms with Crippen molar-refractivity contribution in [3.8, 4) is 27.3 Å². The lowest BCUT2D eigenvalue weighted by Gasteiger charge is -2.14. The van der Waals surface area contributed by atoms with Gasteiger partial charge in [0.1, 0.15) is 5.75 Å². The number of carbonyl (C=O) groups excluding carboxylic acids is 1. The molecular weight excluding hydrogens is 342 g/mol. The van der Waals surface area contributed by atoms with Gasteiger partial charge in [0.15, 0.2) is 5.06 Å². The maximum Gasteiger partial charge on any atom is 0.259 e. The molecule has 0 aliphatic heterocycles. The lowest BCUT2D eigenvalue weighted by Crippen LogP contribution is -2.12. The minimum Gasteiger partial charge on any atom is -0.446 e. The van der Waals surface area contributed by atoms with Crippen molar-refractivity contribution in [1.29, 1.82) is 5.26 Å². The van der Waals surface area contributed by atoms with Crippen LogP contribution in [0.5, 0.6) is 10.8 Å². The number of nitrogens with zero attached hydrogens (tertiary/aromatic N) is 2. The van der Waals surface area contributed by atoms with Crippen LogP contribution in [-0.4, -0.2) is 10.3 Å². The first-order valence-electron chi connectivity index (χ1n) is 7.24. The highest BCUT2D eigenvalue weighted by Crippen LogP contribution is 2.49. The van der Waals surface area contributed by atoms with Gasteiger partial charge in [-0.05, 0) is 59.8 Å². The normalized spacial score (nSPS) is 12.1. The van der Waals surface area contributed by atoms with Crippen LogP contribution in [-0.2, 0) is 12.8 Å². The Hall–Kier alpha value is -2.69. The second kappa shape index (κ2) is 5.74. The molecule has 2 aromatic heterocycles. The van der Waals surface area contributed by atoms with E-state index in [2.05, 4.69) is 10.4 Å². The predicted octanol–water partition coefficient (Wildman–Crippen LogP) is 3.73. The number of fused-ring (bicyclic) bond motifs is 3. The highest BCUT2D eigenvalue weighted by molar-refractivity contribution is 7.17. The molecule has 3 aromatic rings. The maximum atomic E-state index is 11.8. The van der Waals surface area contributed by atoms with Crippen molar-refractivity contribution in [2.45, 2.75) is 12.8 Å². The highest BCUT2D eigenvalue weighted by Gasteiger charge is 2.29. The molecular formula is C17H11N3O2S2. The summed E-state index contributed by atoms with van der Waals surface area (Å²) in [6.07, 6.45) is 3.48. The first-order valence-corrected chi connectivity index (χ1v) is 8.83. The molecule has 0 saturated heterocycles. The van der Waals surface area contributed by atoms with Crippen molar-refractivity contribution in [2.24, 2.45) is 5.73 Å². The molecule has 0 saturated carbocycles. The van der Waals surface area contributed by atoms with Crippen LogP contribution < -0.4 is 10.5 Å². The fourth-order valence-electron chi connectivity index (χ4n) is 2.79. The van der Waals surface area contributed by atoms with E-state index in [0.717, 1.165) is 28.8 Å². The van der Waals surface area contributed by atoms with E-state index in [1.165, 1.54) is 28.4 Å². The fourth-order valence-corrected chi connectivity index (χ4v) is 4.80. The number of carbonyl (C=O) groups is 1. The number of aryl methyl sites for hydroxylation is 1. The van der Waals surface area contributed by atoms with Gasteiger partial charge in [-0.1, -0.05) is 11.3 Å². The third kappa shape index (κ3) is 2.37. The van der Waals surface area contributed by atoms with Gasteiger partial charge in [-0.3, -0.25) is 4.79 Å². The van der Waals surface area contributed by atoms with Crippen LogP contribution in [0.4, 0.5) is 0 Å². The second-order valence-electron chi connectivity index (χ2n) is 5.35. The average Bonchev–Trinajstić information content (AvgIpc) is 3.19. The van der Waals surface area contributed by atoms with Gasteiger partial charge >= 0.3 is 0 Å². The number of amides is 1. The Labute approximate surface area is 146 Å². The van der Waals surface area contributed by atoms with Crippen LogP contribution in [0.1, 0.15) is 26.4 Å². The Morgan fingerprint density at radius 1 is 1.29 bits per heavy atom. The number of ether oxygens (including phenoxy) is 1. The molecule has 7 heteroatoms. The van der Waals surface area contributed by atoms with Crippen LogP contribution in [0.15, 0.2) is 30.5 Å². The van der Waals surface area contributed by atoms with E-state index >= 15 is 0 Å². The zero-order valence-electron chi connectivity index (χ0n) is 12.4. The Morgan fingerprint density at radius 3 is 2.79 bits per heavy atom. The molecule has 1 aliphatic carbocycles. The molecule has 4 rings (SSSR count). The van der Waals surface area contributed by atoms with Crippen molar-refractivity contribution in [3.05, 3.63) is 52.0 Å². The number of hydrogen-bond acceptors (Lipinski definition) is 6. The van der Waals surface area contributed by atoms with Gasteiger partial charge in [0, 0.05) is 6.20 Å². The molecule has 0 bridgehead atoms. The molecule has 24 heavy (non-hydrogen) atoms. The SMILES string of the molecule is N#Cc1ccc(Oc2sc(C(N)=O)c3c2-c2sncc2CC3)cc1. The van der Waals surface area contributed by atoms with Gasteiger partial charge in [0.2, 0.25) is 0 Å². The Kier molecular flexibility index (Phi) is 3.56. The zero-order valence-corrected chi connectivity index (χ0v) is 14.0. The number of nitriles is 1. The quantitative estimate of drug-likeness (QED) is 0.777. The monoisotopic (exact) mass is 353 g/mol. The minimum absolute atomic E-state index is 0.432. The van der Waals surface area contributed by atoms with Crippen molar-refractivity contribution >= 4 is 28.8 Å². The zero-order chi connectivity index (χ0) is 16.7. The van der Waals surface area contributed by atoms with Crippen molar-refractivity contribution < 1.29 is 9.53 Å². The van der Waals surface area contributed by atoms with Crippen LogP contribution in [0.3, 0.4) is 0 Å². The highest BCUT2D eigenvalue weighted by atomic mass is 32.1. The standard InChI is InChI=1S/C17H11N3O2S2/c18-7-9-1-4-11(5-2-9)22-17-13-12(15(23-17)16(19)21)6-3-10-8-20-24-14(10)13/h1-2,4-5,8H,3,6H2,(H2,19,21). The van der Waals surface area contributed by atoms with Crippen LogP contribution in [0, 0.1) is 11.3 Å². The fraction of sp³-hybridized carbons (Fsp3) is 0.118. The summed E-state index contributed by atoms with van der Waals surface area (Å²) in [4.78, 5) is 13.4. The molecule has 0 atom stereocenters. The molecule has 1 aromatic carbocycles. The Balaban J connectivity index is 1.81. The lowest BCUT2D eigenvalue weighted by atomic mass is 9.93. The second-order valence-corrected chi connectivity index (χ2v) is 7.14. The molecule has 0 radical (unpaired) electrons. The van der Waals surface area contributed by atoms with Crippen LogP contribution in [0.25, 0.3) is 10.4 Å². The maximum absolute atomic E-state index is 11.8. The van der Waals surface area contributed by atoms with Crippen molar-refractivity contribution in [3.63, 3.8) is 0 Å². The van der Waals surface area contributed by atoms with Gasteiger partial charge in [0.25, 0.3) is 5.91 Å². The summed E-state index contributed by atoms with van der Waals surface area (Å²) in [5.74, 6) is 0.185. The summed E-state index contributed by atoms with van der Waals surface area (Å²) in [6, 6.07) is 8.95. The lowest BCUT2D eigenvalue weighted by molar-refractivity contribution is 0.100. The van der Waals surface area contributed by atoms with Gasteiger partial charge < -0.3 is 10.5 Å². The third-order valence-corrected chi connectivity index (χ3v) is 5.89. The van der Waals surface area contributed by atoms with Crippen molar-refractivity contribution in [1.82, 2.24) is 4.37 Å². The van der Waals surface area contributed by atoms with Crippen LogP contribution >= 0.6 is 22.9 Å². The van der Waals surface area contributed by atoms with E-state index in [1.807, 2.05) is 6.20 Å². The number of aromatic nitrogens is 1. The number of hydrogen-bond donors (Lipinski definition) is 1. The number of rotatable bonds is 3. The summed E-state index contributed by atoms with van der Waals surface area (Å²) in [5.41, 5.74) is 9.17. The van der Waals surface area contributed by atoms with E-state index in [9.17, 15) is 4.79 Å². The van der Waals surface area contributed by atoms with E-state index in [-0.39, 0.29) is 0 Å². The summed E-state index contributed by atoms with van der Waals surface area (Å²) < 4.78 is 10.3. The Bertz CT molecular complexity index is 980. The number of benzene rings is 1. The predicted molar refractivity (Wildman–Crippen MR) is 92.6 cm³/mol. The van der Waals surface area contributed by atoms with Gasteiger partial charge in [-0.25, -0.2) is 4.37 Å². The van der Waals surface area contributed by atoms with E-state index in [1.54, 1.807) is 24.3 Å². The molecule has 2 heterocycles. The van der Waals surface area contributed by atoms with Crippen molar-refractivity contribution in [2.75, 3.05) is 0 Å².